The fraction of sp³-hybridized carbons (Fsp3) is 0.231. The average Bonchev–Trinajstić information content (AvgIpc) is 2.71. The lowest BCUT2D eigenvalue weighted by molar-refractivity contribution is 0.104. The van der Waals surface area contributed by atoms with Crippen molar-refractivity contribution in [2.24, 2.45) is 0 Å². The number of fused-ring (bicyclic) bond motifs is 1. The molecule has 0 bridgehead atoms. The number of nitrogens with zero attached hydrogens (tertiary/aromatic N) is 3. The molecule has 4 nitrogen and oxygen atoms in total. The van der Waals surface area contributed by atoms with Crippen LogP contribution in [0.15, 0.2) is 36.7 Å². The molecule has 0 aliphatic heterocycles. The Morgan fingerprint density at radius 1 is 1.41 bits per heavy atom. The van der Waals surface area contributed by atoms with Gasteiger partial charge in [0.05, 0.1) is 6.20 Å². The SMILES string of the molecule is Cc1cccc2ncc(C(=O)C=CN(C)C)n12. The molecular formula is C13H15N3O. The number of ketones is 1. The van der Waals surface area contributed by atoms with E-state index in [0.29, 0.717) is 5.69 Å². The average molecular weight is 229 g/mol. The highest BCUT2D eigenvalue weighted by Gasteiger charge is 2.10. The summed E-state index contributed by atoms with van der Waals surface area (Å²) in [5.41, 5.74) is 2.39. The zero-order chi connectivity index (χ0) is 12.4. The van der Waals surface area contributed by atoms with Gasteiger partial charge in [-0.1, -0.05) is 6.07 Å². The second-order valence-electron chi connectivity index (χ2n) is 4.15. The van der Waals surface area contributed by atoms with Gasteiger partial charge in [0.25, 0.3) is 0 Å². The van der Waals surface area contributed by atoms with E-state index in [9.17, 15) is 4.79 Å². The van der Waals surface area contributed by atoms with Crippen LogP contribution in [0.4, 0.5) is 0 Å². The van der Waals surface area contributed by atoms with Crippen molar-refractivity contribution in [1.29, 1.82) is 0 Å². The van der Waals surface area contributed by atoms with Gasteiger partial charge in [-0.2, -0.15) is 0 Å². The summed E-state index contributed by atoms with van der Waals surface area (Å²) in [6.07, 6.45) is 4.90. The van der Waals surface area contributed by atoms with E-state index >= 15 is 0 Å². The van der Waals surface area contributed by atoms with Gasteiger partial charge in [-0.15, -0.1) is 0 Å². The van der Waals surface area contributed by atoms with E-state index in [2.05, 4.69) is 4.98 Å². The largest absolute Gasteiger partial charge is 0.383 e. The Kier molecular flexibility index (Phi) is 2.95. The minimum Gasteiger partial charge on any atom is -0.383 e. The third kappa shape index (κ3) is 2.20. The van der Waals surface area contributed by atoms with Gasteiger partial charge in [0.1, 0.15) is 11.3 Å². The Bertz CT molecular complexity index is 581. The first kappa shape index (κ1) is 11.4. The van der Waals surface area contributed by atoms with Crippen LogP contribution in [-0.2, 0) is 0 Å². The summed E-state index contributed by atoms with van der Waals surface area (Å²) in [4.78, 5) is 18.1. The number of hydrogen-bond acceptors (Lipinski definition) is 3. The highest BCUT2D eigenvalue weighted by molar-refractivity contribution is 6.03. The molecule has 0 aliphatic rings. The van der Waals surface area contributed by atoms with Gasteiger partial charge in [-0.25, -0.2) is 4.98 Å². The summed E-state index contributed by atoms with van der Waals surface area (Å²) >= 11 is 0. The molecule has 0 spiro atoms. The molecule has 0 N–H and O–H groups in total. The van der Waals surface area contributed by atoms with Crippen LogP contribution >= 0.6 is 0 Å². The number of aryl methyl sites for hydroxylation is 1. The van der Waals surface area contributed by atoms with Crippen LogP contribution in [0, 0.1) is 6.92 Å². The molecular weight excluding hydrogens is 214 g/mol. The lowest BCUT2D eigenvalue weighted by atomic mass is 10.2. The molecule has 2 aromatic heterocycles. The van der Waals surface area contributed by atoms with E-state index in [1.54, 1.807) is 18.5 Å². The van der Waals surface area contributed by atoms with E-state index in [4.69, 9.17) is 0 Å². The lowest BCUT2D eigenvalue weighted by Gasteiger charge is -2.04. The Labute approximate surface area is 100 Å². The Hall–Kier alpha value is -2.10. The highest BCUT2D eigenvalue weighted by atomic mass is 16.1. The number of rotatable bonds is 3. The number of pyridine rings is 1. The van der Waals surface area contributed by atoms with Crippen LogP contribution in [0.3, 0.4) is 0 Å². The first-order valence-corrected chi connectivity index (χ1v) is 5.41. The molecule has 0 aromatic carbocycles. The zero-order valence-corrected chi connectivity index (χ0v) is 10.2. The minimum atomic E-state index is -0.0412. The quantitative estimate of drug-likeness (QED) is 0.596. The summed E-state index contributed by atoms with van der Waals surface area (Å²) in [7, 11) is 3.76. The smallest absolute Gasteiger partial charge is 0.205 e. The monoisotopic (exact) mass is 229 g/mol. The number of aromatic nitrogens is 2. The van der Waals surface area contributed by atoms with Crippen molar-refractivity contribution < 1.29 is 4.79 Å². The van der Waals surface area contributed by atoms with Crippen LogP contribution in [0.25, 0.3) is 5.65 Å². The maximum Gasteiger partial charge on any atom is 0.205 e. The van der Waals surface area contributed by atoms with Crippen LogP contribution in [-0.4, -0.2) is 34.2 Å². The third-order valence-electron chi connectivity index (χ3n) is 2.50. The number of allylic oxidation sites excluding steroid dienone is 1. The topological polar surface area (TPSA) is 37.6 Å². The van der Waals surface area contributed by atoms with Crippen LogP contribution in [0.2, 0.25) is 0 Å². The number of carbonyl (C=O) groups excluding carboxylic acids is 1. The van der Waals surface area contributed by atoms with Crippen LogP contribution in [0.5, 0.6) is 0 Å². The van der Waals surface area contributed by atoms with Crippen molar-refractivity contribution in [3.05, 3.63) is 48.1 Å². The van der Waals surface area contributed by atoms with Crippen molar-refractivity contribution in [2.45, 2.75) is 6.92 Å². The van der Waals surface area contributed by atoms with Crippen molar-refractivity contribution in [2.75, 3.05) is 14.1 Å². The van der Waals surface area contributed by atoms with E-state index in [-0.39, 0.29) is 5.78 Å². The third-order valence-corrected chi connectivity index (χ3v) is 2.50. The van der Waals surface area contributed by atoms with Crippen LogP contribution < -0.4 is 0 Å². The molecule has 2 rings (SSSR count). The number of imidazole rings is 1. The molecule has 0 aliphatic carbocycles. The maximum absolute atomic E-state index is 12.0. The molecule has 0 radical (unpaired) electrons. The molecule has 0 atom stereocenters. The van der Waals surface area contributed by atoms with E-state index < -0.39 is 0 Å². The summed E-state index contributed by atoms with van der Waals surface area (Å²) in [6, 6.07) is 5.78. The van der Waals surface area contributed by atoms with Crippen molar-refractivity contribution >= 4 is 11.4 Å². The van der Waals surface area contributed by atoms with Gasteiger partial charge in [0.15, 0.2) is 0 Å². The van der Waals surface area contributed by atoms with Crippen LogP contribution in [0.1, 0.15) is 16.2 Å². The predicted molar refractivity (Wildman–Crippen MR) is 67.1 cm³/mol. The first-order valence-electron chi connectivity index (χ1n) is 5.41. The van der Waals surface area contributed by atoms with Gasteiger partial charge in [0.2, 0.25) is 5.78 Å². The fourth-order valence-corrected chi connectivity index (χ4v) is 1.68. The van der Waals surface area contributed by atoms with Crippen molar-refractivity contribution in [3.63, 3.8) is 0 Å². The van der Waals surface area contributed by atoms with E-state index in [1.165, 1.54) is 0 Å². The molecule has 4 heteroatoms. The molecule has 0 saturated heterocycles. The molecule has 0 unspecified atom stereocenters. The standard InChI is InChI=1S/C13H15N3O/c1-10-5-4-6-13-14-9-11(16(10)13)12(17)7-8-15(2)3/h4-9H,1-3H3. The van der Waals surface area contributed by atoms with Crippen molar-refractivity contribution in [3.8, 4) is 0 Å². The van der Waals surface area contributed by atoms with E-state index in [1.807, 2.05) is 48.5 Å². The van der Waals surface area contributed by atoms with E-state index in [0.717, 1.165) is 11.3 Å². The zero-order valence-electron chi connectivity index (χ0n) is 10.2. The molecule has 2 aromatic rings. The first-order chi connectivity index (χ1) is 8.09. The summed E-state index contributed by atoms with van der Waals surface area (Å²) < 4.78 is 1.86. The highest BCUT2D eigenvalue weighted by Crippen LogP contribution is 2.11. The molecule has 0 amide bonds. The van der Waals surface area contributed by atoms with Gasteiger partial charge < -0.3 is 4.90 Å². The summed E-state index contributed by atoms with van der Waals surface area (Å²) in [5.74, 6) is -0.0412. The molecule has 17 heavy (non-hydrogen) atoms. The minimum absolute atomic E-state index is 0.0412. The molecule has 88 valence electrons. The Morgan fingerprint density at radius 3 is 2.88 bits per heavy atom. The second kappa shape index (κ2) is 4.41. The second-order valence-corrected chi connectivity index (χ2v) is 4.15. The summed E-state index contributed by atoms with van der Waals surface area (Å²) in [5, 5.41) is 0. The summed E-state index contributed by atoms with van der Waals surface area (Å²) in [6.45, 7) is 1.96. The van der Waals surface area contributed by atoms with Gasteiger partial charge in [0, 0.05) is 32.1 Å². The number of hydrogen-bond donors (Lipinski definition) is 0. The molecule has 0 saturated carbocycles. The predicted octanol–water partition coefficient (Wildman–Crippen LogP) is 1.90. The molecule has 2 heterocycles. The normalized spacial score (nSPS) is 11.2. The fourth-order valence-electron chi connectivity index (χ4n) is 1.68. The molecule has 0 fully saturated rings. The van der Waals surface area contributed by atoms with Gasteiger partial charge in [-0.05, 0) is 19.1 Å². The number of carbonyl (C=O) groups is 1. The lowest BCUT2D eigenvalue weighted by Crippen LogP contribution is -2.06. The van der Waals surface area contributed by atoms with Crippen molar-refractivity contribution in [1.82, 2.24) is 14.3 Å². The Morgan fingerprint density at radius 2 is 2.18 bits per heavy atom. The maximum atomic E-state index is 12.0. The Balaban J connectivity index is 2.46. The van der Waals surface area contributed by atoms with Gasteiger partial charge >= 0.3 is 0 Å². The van der Waals surface area contributed by atoms with Gasteiger partial charge in [-0.3, -0.25) is 9.20 Å².